The molecule has 1 aromatic carbocycles. The number of aromatic nitrogens is 1. The highest BCUT2D eigenvalue weighted by molar-refractivity contribution is 5.90. The predicted octanol–water partition coefficient (Wildman–Crippen LogP) is 2.09. The number of aliphatic hydroxyl groups excluding tert-OH is 3. The summed E-state index contributed by atoms with van der Waals surface area (Å²) in [6.45, 7) is 1.14. The number of anilines is 1. The first-order valence-corrected chi connectivity index (χ1v) is 9.82. The van der Waals surface area contributed by atoms with Crippen LogP contribution < -0.4 is 10.9 Å². The molecule has 0 radical (unpaired) electrons. The number of nitrogens with one attached hydrogen (secondary N) is 2. The van der Waals surface area contributed by atoms with E-state index in [0.29, 0.717) is 5.69 Å². The van der Waals surface area contributed by atoms with Crippen LogP contribution in [0.15, 0.2) is 45.8 Å². The number of pyridine rings is 1. The third-order valence-corrected chi connectivity index (χ3v) is 5.57. The van der Waals surface area contributed by atoms with Crippen LogP contribution in [0.2, 0.25) is 0 Å². The van der Waals surface area contributed by atoms with Crippen LogP contribution in [0, 0.1) is 0 Å². The minimum absolute atomic E-state index is 0.0738. The van der Waals surface area contributed by atoms with E-state index in [-0.39, 0.29) is 16.7 Å². The van der Waals surface area contributed by atoms with Gasteiger partial charge in [-0.15, -0.1) is 0 Å². The van der Waals surface area contributed by atoms with Gasteiger partial charge in [-0.25, -0.2) is 0 Å². The Morgan fingerprint density at radius 2 is 1.94 bits per heavy atom. The van der Waals surface area contributed by atoms with Crippen molar-refractivity contribution in [1.29, 1.82) is 0 Å². The van der Waals surface area contributed by atoms with Gasteiger partial charge in [-0.1, -0.05) is 6.07 Å². The molecule has 1 fully saturated rings. The summed E-state index contributed by atoms with van der Waals surface area (Å²) in [4.78, 5) is 15.0. The summed E-state index contributed by atoms with van der Waals surface area (Å²) in [5, 5.41) is 32.4. The molecule has 1 aliphatic heterocycles. The summed E-state index contributed by atoms with van der Waals surface area (Å²) in [6.07, 6.45) is -7.90. The second-order valence-corrected chi connectivity index (χ2v) is 7.65. The van der Waals surface area contributed by atoms with Gasteiger partial charge in [0.1, 0.15) is 24.1 Å². The highest BCUT2D eigenvalue weighted by Crippen LogP contribution is 2.40. The van der Waals surface area contributed by atoms with Crippen LogP contribution in [0.25, 0.3) is 22.2 Å². The van der Waals surface area contributed by atoms with Crippen LogP contribution in [0.4, 0.5) is 18.9 Å². The van der Waals surface area contributed by atoms with Crippen LogP contribution in [-0.2, 0) is 10.9 Å². The maximum Gasteiger partial charge on any atom is 0.417 e. The van der Waals surface area contributed by atoms with Gasteiger partial charge in [0.05, 0.1) is 41.7 Å². The van der Waals surface area contributed by atoms with Crippen molar-refractivity contribution in [3.8, 4) is 11.3 Å². The quantitative estimate of drug-likeness (QED) is 0.408. The van der Waals surface area contributed by atoms with Crippen molar-refractivity contribution in [2.45, 2.75) is 43.6 Å². The van der Waals surface area contributed by atoms with E-state index in [0.717, 1.165) is 0 Å². The Hall–Kier alpha value is -2.86. The largest absolute Gasteiger partial charge is 0.464 e. The van der Waals surface area contributed by atoms with Gasteiger partial charge < -0.3 is 34.8 Å². The number of aliphatic hydroxyl groups is 3. The summed E-state index contributed by atoms with van der Waals surface area (Å²) in [5.41, 5.74) is -2.48. The first-order chi connectivity index (χ1) is 15.1. The predicted molar refractivity (Wildman–Crippen MR) is 108 cm³/mol. The maximum absolute atomic E-state index is 13.9. The molecule has 5 N–H and O–H groups in total. The molecule has 0 saturated carbocycles. The number of rotatable bonds is 4. The number of ether oxygens (including phenoxy) is 1. The average molecular weight is 454 g/mol. The summed E-state index contributed by atoms with van der Waals surface area (Å²) < 4.78 is 52.3. The summed E-state index contributed by atoms with van der Waals surface area (Å²) in [6, 6.07) is 5.73. The fraction of sp³-hybridized carbons (Fsp3) is 0.381. The number of benzene rings is 1. The molecule has 5 unspecified atom stereocenters. The van der Waals surface area contributed by atoms with E-state index >= 15 is 0 Å². The van der Waals surface area contributed by atoms with E-state index < -0.39 is 59.9 Å². The second-order valence-electron chi connectivity index (χ2n) is 7.65. The molecule has 11 heteroatoms. The number of hydrogen-bond donors (Lipinski definition) is 5. The van der Waals surface area contributed by atoms with Crippen LogP contribution in [0.5, 0.6) is 0 Å². The fourth-order valence-electron chi connectivity index (χ4n) is 4.04. The molecule has 1 saturated heterocycles. The lowest BCUT2D eigenvalue weighted by atomic mass is 9.93. The maximum atomic E-state index is 13.9. The molecule has 172 valence electrons. The Bertz CT molecular complexity index is 1160. The van der Waals surface area contributed by atoms with Crippen molar-refractivity contribution < 1.29 is 37.6 Å². The molecule has 0 amide bonds. The van der Waals surface area contributed by atoms with Gasteiger partial charge in [-0.05, 0) is 31.2 Å². The molecule has 0 aliphatic carbocycles. The van der Waals surface area contributed by atoms with Crippen LogP contribution >= 0.6 is 0 Å². The highest BCUT2D eigenvalue weighted by atomic mass is 19.4. The van der Waals surface area contributed by atoms with Crippen molar-refractivity contribution >= 4 is 16.6 Å². The van der Waals surface area contributed by atoms with E-state index in [9.17, 15) is 33.3 Å². The minimum Gasteiger partial charge on any atom is -0.464 e. The average Bonchev–Trinajstić information content (AvgIpc) is 3.26. The van der Waals surface area contributed by atoms with Gasteiger partial charge >= 0.3 is 6.18 Å². The number of alkyl halides is 3. The van der Waals surface area contributed by atoms with Gasteiger partial charge in [0.25, 0.3) is 5.56 Å². The second kappa shape index (κ2) is 8.24. The van der Waals surface area contributed by atoms with E-state index in [1.54, 1.807) is 6.92 Å². The fourth-order valence-corrected chi connectivity index (χ4v) is 4.04. The molecule has 0 spiro atoms. The zero-order chi connectivity index (χ0) is 23.2. The van der Waals surface area contributed by atoms with E-state index in [4.69, 9.17) is 9.15 Å². The molecule has 3 heterocycles. The SMILES string of the molecule is CC1OC(CO)C(O)C(O)C1Nc1ccc2c(C(F)(F)F)c(-c3ccco3)c(=O)[nH]c2c1. The molecular formula is C21H21F3N2O6. The third-order valence-electron chi connectivity index (χ3n) is 5.57. The third kappa shape index (κ3) is 3.88. The molecule has 3 aromatic rings. The molecule has 2 aromatic heterocycles. The van der Waals surface area contributed by atoms with Gasteiger partial charge in [0.15, 0.2) is 0 Å². The monoisotopic (exact) mass is 454 g/mol. The first kappa shape index (κ1) is 22.3. The molecule has 0 bridgehead atoms. The zero-order valence-corrected chi connectivity index (χ0v) is 16.8. The number of hydrogen-bond acceptors (Lipinski definition) is 7. The molecule has 1 aliphatic rings. The zero-order valence-electron chi connectivity index (χ0n) is 16.8. The topological polar surface area (TPSA) is 128 Å². The standard InChI is InChI=1S/C21H21F3N2O6/c1-9-17(19(29)18(28)14(8-27)32-9)25-10-4-5-11-12(7-10)26-20(30)15(13-3-2-6-31-13)16(11)21(22,23)24/h2-7,9,14,17-19,25,27-29H,8H2,1H3,(H,26,30). The van der Waals surface area contributed by atoms with Crippen molar-refractivity contribution in [2.24, 2.45) is 0 Å². The van der Waals surface area contributed by atoms with Crippen LogP contribution in [-0.4, -0.2) is 57.4 Å². The Balaban J connectivity index is 1.76. The number of H-pyrrole nitrogens is 1. The van der Waals surface area contributed by atoms with Crippen molar-refractivity contribution in [3.05, 3.63) is 52.5 Å². The lowest BCUT2D eigenvalue weighted by Gasteiger charge is -2.41. The Labute approximate surface area is 179 Å². The Morgan fingerprint density at radius 1 is 1.19 bits per heavy atom. The number of fused-ring (bicyclic) bond motifs is 1. The molecule has 32 heavy (non-hydrogen) atoms. The van der Waals surface area contributed by atoms with Crippen molar-refractivity contribution in [1.82, 2.24) is 4.98 Å². The highest BCUT2D eigenvalue weighted by Gasteiger charge is 2.42. The molecule has 5 atom stereocenters. The summed E-state index contributed by atoms with van der Waals surface area (Å²) >= 11 is 0. The van der Waals surface area contributed by atoms with Gasteiger partial charge in [0.2, 0.25) is 0 Å². The van der Waals surface area contributed by atoms with Crippen molar-refractivity contribution in [3.63, 3.8) is 0 Å². The Morgan fingerprint density at radius 3 is 2.56 bits per heavy atom. The molecular weight excluding hydrogens is 433 g/mol. The van der Waals surface area contributed by atoms with E-state index in [1.807, 2.05) is 0 Å². The number of halogens is 3. The first-order valence-electron chi connectivity index (χ1n) is 9.82. The summed E-state index contributed by atoms with van der Waals surface area (Å²) in [5.74, 6) is -0.202. The van der Waals surface area contributed by atoms with E-state index in [1.165, 1.54) is 36.6 Å². The van der Waals surface area contributed by atoms with Crippen LogP contribution in [0.3, 0.4) is 0 Å². The number of furan rings is 1. The number of aromatic amines is 1. The Kier molecular flexibility index (Phi) is 5.76. The van der Waals surface area contributed by atoms with Crippen LogP contribution in [0.1, 0.15) is 12.5 Å². The van der Waals surface area contributed by atoms with Gasteiger partial charge in [-0.3, -0.25) is 4.79 Å². The summed E-state index contributed by atoms with van der Waals surface area (Å²) in [7, 11) is 0. The molecule has 4 rings (SSSR count). The minimum atomic E-state index is -4.82. The normalized spacial score (nSPS) is 26.4. The van der Waals surface area contributed by atoms with Gasteiger partial charge in [0, 0.05) is 11.1 Å². The van der Waals surface area contributed by atoms with Gasteiger partial charge in [-0.2, -0.15) is 13.2 Å². The lowest BCUT2D eigenvalue weighted by molar-refractivity contribution is -0.180. The van der Waals surface area contributed by atoms with E-state index in [2.05, 4.69) is 10.3 Å². The molecule has 8 nitrogen and oxygen atoms in total. The smallest absolute Gasteiger partial charge is 0.417 e. The lowest BCUT2D eigenvalue weighted by Crippen LogP contribution is -2.60. The van der Waals surface area contributed by atoms with Crippen molar-refractivity contribution in [2.75, 3.05) is 11.9 Å².